The Kier molecular flexibility index (Phi) is 3.43. The monoisotopic (exact) mass is 247 g/mol. The highest BCUT2D eigenvalue weighted by molar-refractivity contribution is 5.93. The molecule has 1 aromatic heterocycles. The van der Waals surface area contributed by atoms with E-state index in [-0.39, 0.29) is 17.8 Å². The van der Waals surface area contributed by atoms with Crippen molar-refractivity contribution in [2.75, 3.05) is 6.61 Å². The lowest BCUT2D eigenvalue weighted by Gasteiger charge is -2.10. The summed E-state index contributed by atoms with van der Waals surface area (Å²) in [6.45, 7) is 1.47. The van der Waals surface area contributed by atoms with Crippen molar-refractivity contribution in [3.8, 4) is 0 Å². The molecule has 0 aliphatic heterocycles. The van der Waals surface area contributed by atoms with Gasteiger partial charge in [-0.3, -0.25) is 9.59 Å². The van der Waals surface area contributed by atoms with Gasteiger partial charge in [-0.2, -0.15) is 0 Å². The number of fused-ring (bicyclic) bond motifs is 1. The van der Waals surface area contributed by atoms with E-state index in [0.29, 0.717) is 11.0 Å². The Morgan fingerprint density at radius 2 is 2.17 bits per heavy atom. The normalized spacial score (nSPS) is 12.3. The number of nitrogens with one attached hydrogen (secondary N) is 1. The Labute approximate surface area is 103 Å². The molecule has 0 unspecified atom stereocenters. The molecule has 0 fully saturated rings. The van der Waals surface area contributed by atoms with E-state index in [1.807, 2.05) is 0 Å². The van der Waals surface area contributed by atoms with E-state index >= 15 is 0 Å². The SMILES string of the molecule is C[C@@H](CO)NC(=O)c1cc(=O)c2ccccc2o1. The van der Waals surface area contributed by atoms with Crippen LogP contribution in [0.15, 0.2) is 39.5 Å². The van der Waals surface area contributed by atoms with E-state index in [1.165, 1.54) is 0 Å². The summed E-state index contributed by atoms with van der Waals surface area (Å²) in [5.74, 6) is -0.571. The smallest absolute Gasteiger partial charge is 0.287 e. The molecule has 2 rings (SSSR count). The van der Waals surface area contributed by atoms with Crippen LogP contribution in [0.2, 0.25) is 0 Å². The van der Waals surface area contributed by atoms with Crippen LogP contribution in [-0.4, -0.2) is 23.7 Å². The molecule has 1 atom stereocenters. The molecule has 2 aromatic rings. The van der Waals surface area contributed by atoms with Crippen molar-refractivity contribution in [2.45, 2.75) is 13.0 Å². The zero-order chi connectivity index (χ0) is 13.1. The molecular formula is C13H13NO4. The molecule has 0 aliphatic carbocycles. The molecule has 0 saturated heterocycles. The first kappa shape index (κ1) is 12.3. The minimum atomic E-state index is -0.514. The van der Waals surface area contributed by atoms with Crippen LogP contribution < -0.4 is 10.7 Å². The van der Waals surface area contributed by atoms with Crippen molar-refractivity contribution in [1.29, 1.82) is 0 Å². The van der Waals surface area contributed by atoms with Gasteiger partial charge in [0.05, 0.1) is 12.0 Å². The minimum Gasteiger partial charge on any atom is -0.451 e. The first-order valence-electron chi connectivity index (χ1n) is 5.56. The predicted octanol–water partition coefficient (Wildman–Crippen LogP) is 0.904. The lowest BCUT2D eigenvalue weighted by atomic mass is 10.2. The minimum absolute atomic E-state index is 0.0565. The zero-order valence-electron chi connectivity index (χ0n) is 9.84. The standard InChI is InChI=1S/C13H13NO4/c1-8(7-15)14-13(17)12-6-10(16)9-4-2-3-5-11(9)18-12/h2-6,8,15H,7H2,1H3,(H,14,17)/t8-/m0/s1. The molecule has 0 aliphatic rings. The number of amides is 1. The Morgan fingerprint density at radius 3 is 2.89 bits per heavy atom. The fourth-order valence-electron chi connectivity index (χ4n) is 1.56. The summed E-state index contributed by atoms with van der Waals surface area (Å²) < 4.78 is 5.36. The summed E-state index contributed by atoms with van der Waals surface area (Å²) in [5, 5.41) is 11.8. The van der Waals surface area contributed by atoms with Crippen molar-refractivity contribution in [1.82, 2.24) is 5.32 Å². The van der Waals surface area contributed by atoms with Crippen molar-refractivity contribution < 1.29 is 14.3 Å². The molecule has 5 nitrogen and oxygen atoms in total. The number of aliphatic hydroxyl groups excluding tert-OH is 1. The molecule has 0 bridgehead atoms. The van der Waals surface area contributed by atoms with Crippen molar-refractivity contribution >= 4 is 16.9 Å². The van der Waals surface area contributed by atoms with E-state index < -0.39 is 11.9 Å². The van der Waals surface area contributed by atoms with Gasteiger partial charge in [-0.25, -0.2) is 0 Å². The second-order valence-corrected chi connectivity index (χ2v) is 4.03. The second-order valence-electron chi connectivity index (χ2n) is 4.03. The molecule has 0 saturated carbocycles. The maximum Gasteiger partial charge on any atom is 0.287 e. The molecule has 0 radical (unpaired) electrons. The third-order valence-electron chi connectivity index (χ3n) is 2.51. The van der Waals surface area contributed by atoms with Crippen LogP contribution in [0.1, 0.15) is 17.5 Å². The maximum atomic E-state index is 11.8. The number of hydrogen-bond donors (Lipinski definition) is 2. The summed E-state index contributed by atoms with van der Waals surface area (Å²) in [6, 6.07) is 7.48. The lowest BCUT2D eigenvalue weighted by Crippen LogP contribution is -2.35. The third kappa shape index (κ3) is 2.41. The quantitative estimate of drug-likeness (QED) is 0.844. The second kappa shape index (κ2) is 5.01. The van der Waals surface area contributed by atoms with Gasteiger partial charge in [-0.1, -0.05) is 12.1 Å². The molecular weight excluding hydrogens is 234 g/mol. The van der Waals surface area contributed by atoms with Crippen LogP contribution in [0.25, 0.3) is 11.0 Å². The molecule has 18 heavy (non-hydrogen) atoms. The molecule has 2 N–H and O–H groups in total. The number of aliphatic hydroxyl groups is 1. The number of para-hydroxylation sites is 1. The highest BCUT2D eigenvalue weighted by Gasteiger charge is 2.13. The number of rotatable bonds is 3. The van der Waals surface area contributed by atoms with Gasteiger partial charge in [-0.15, -0.1) is 0 Å². The highest BCUT2D eigenvalue weighted by Crippen LogP contribution is 2.11. The van der Waals surface area contributed by atoms with E-state index in [9.17, 15) is 9.59 Å². The Bertz CT molecular complexity index is 632. The molecule has 94 valence electrons. The molecule has 1 amide bonds. The molecule has 5 heteroatoms. The third-order valence-corrected chi connectivity index (χ3v) is 2.51. The molecule has 0 spiro atoms. The lowest BCUT2D eigenvalue weighted by molar-refractivity contribution is 0.0895. The van der Waals surface area contributed by atoms with Gasteiger partial charge >= 0.3 is 0 Å². The Morgan fingerprint density at radius 1 is 1.44 bits per heavy atom. The Hall–Kier alpha value is -2.14. The fourth-order valence-corrected chi connectivity index (χ4v) is 1.56. The van der Waals surface area contributed by atoms with Crippen LogP contribution in [0, 0.1) is 0 Å². The zero-order valence-corrected chi connectivity index (χ0v) is 9.84. The number of benzene rings is 1. The van der Waals surface area contributed by atoms with Gasteiger partial charge in [0.25, 0.3) is 5.91 Å². The summed E-state index contributed by atoms with van der Waals surface area (Å²) in [4.78, 5) is 23.5. The van der Waals surface area contributed by atoms with Gasteiger partial charge < -0.3 is 14.8 Å². The predicted molar refractivity (Wildman–Crippen MR) is 66.5 cm³/mol. The maximum absolute atomic E-state index is 11.8. The topological polar surface area (TPSA) is 79.5 Å². The van der Waals surface area contributed by atoms with Gasteiger partial charge in [-0.05, 0) is 19.1 Å². The average Bonchev–Trinajstić information content (AvgIpc) is 2.38. The van der Waals surface area contributed by atoms with Crippen molar-refractivity contribution in [3.05, 3.63) is 46.3 Å². The average molecular weight is 247 g/mol. The van der Waals surface area contributed by atoms with E-state index in [2.05, 4.69) is 5.32 Å². The fraction of sp³-hybridized carbons (Fsp3) is 0.231. The van der Waals surface area contributed by atoms with E-state index in [0.717, 1.165) is 6.07 Å². The number of carbonyl (C=O) groups excluding carboxylic acids is 1. The molecule has 1 aromatic carbocycles. The summed E-state index contributed by atoms with van der Waals surface area (Å²) in [5.41, 5.74) is 0.102. The first-order chi connectivity index (χ1) is 8.61. The Balaban J connectivity index is 2.41. The van der Waals surface area contributed by atoms with Gasteiger partial charge in [0.15, 0.2) is 11.2 Å². The number of carbonyl (C=O) groups is 1. The number of hydrogen-bond acceptors (Lipinski definition) is 4. The van der Waals surface area contributed by atoms with E-state index in [4.69, 9.17) is 9.52 Å². The summed E-state index contributed by atoms with van der Waals surface area (Å²) in [6.07, 6.45) is 0. The largest absolute Gasteiger partial charge is 0.451 e. The van der Waals surface area contributed by atoms with E-state index in [1.54, 1.807) is 31.2 Å². The molecule has 1 heterocycles. The van der Waals surface area contributed by atoms with Crippen LogP contribution in [0.5, 0.6) is 0 Å². The summed E-state index contributed by atoms with van der Waals surface area (Å²) in [7, 11) is 0. The van der Waals surface area contributed by atoms with Gasteiger partial charge in [0, 0.05) is 12.1 Å². The summed E-state index contributed by atoms with van der Waals surface area (Å²) >= 11 is 0. The van der Waals surface area contributed by atoms with Crippen LogP contribution in [-0.2, 0) is 0 Å². The van der Waals surface area contributed by atoms with Crippen LogP contribution >= 0.6 is 0 Å². The first-order valence-corrected chi connectivity index (χ1v) is 5.56. The van der Waals surface area contributed by atoms with Crippen LogP contribution in [0.3, 0.4) is 0 Å². The van der Waals surface area contributed by atoms with Gasteiger partial charge in [0.2, 0.25) is 0 Å². The van der Waals surface area contributed by atoms with Crippen molar-refractivity contribution in [2.24, 2.45) is 0 Å². The van der Waals surface area contributed by atoms with Crippen molar-refractivity contribution in [3.63, 3.8) is 0 Å². The highest BCUT2D eigenvalue weighted by atomic mass is 16.3. The van der Waals surface area contributed by atoms with Crippen LogP contribution in [0.4, 0.5) is 0 Å². The van der Waals surface area contributed by atoms with Gasteiger partial charge in [0.1, 0.15) is 5.58 Å².